The Bertz CT molecular complexity index is 1730. The summed E-state index contributed by atoms with van der Waals surface area (Å²) in [7, 11) is 0. The number of nitrogens with one attached hydrogen (secondary N) is 2. The van der Waals surface area contributed by atoms with E-state index in [0.717, 1.165) is 61.0 Å². The third kappa shape index (κ3) is 17.8. The smallest absolute Gasteiger partial charge is 0.326 e. The zero-order chi connectivity index (χ0) is 44.2. The second kappa shape index (κ2) is 26.0. The number of nitrogens with zero attached hydrogens (tertiary/aromatic N) is 1. The van der Waals surface area contributed by atoms with Crippen molar-refractivity contribution in [3.8, 4) is 0 Å². The van der Waals surface area contributed by atoms with Crippen LogP contribution in [-0.2, 0) is 46.4 Å². The van der Waals surface area contributed by atoms with Crippen LogP contribution in [0.3, 0.4) is 0 Å². The number of carboxylic acid groups (broad SMARTS) is 2. The van der Waals surface area contributed by atoms with E-state index in [2.05, 4.69) is 55.9 Å². The van der Waals surface area contributed by atoms with Crippen LogP contribution in [0.25, 0.3) is 0 Å². The van der Waals surface area contributed by atoms with Gasteiger partial charge >= 0.3 is 11.9 Å². The lowest BCUT2D eigenvalue weighted by atomic mass is 9.84. The number of Topliss-reactive ketones (excluding diaryl/α,β-unsaturated/α-hetero) is 2. The number of aliphatic carboxylic acids is 2. The number of carbonyl (C=O) groups is 7. The number of ketones is 2. The maximum atomic E-state index is 12.5. The third-order valence-corrected chi connectivity index (χ3v) is 11.4. The number of aldehydes is 1. The molecule has 3 aliphatic carbocycles. The van der Waals surface area contributed by atoms with Crippen molar-refractivity contribution in [2.24, 2.45) is 28.5 Å². The molecule has 0 saturated heterocycles. The Morgan fingerprint density at radius 1 is 0.864 bits per heavy atom. The first-order valence-electron chi connectivity index (χ1n) is 20.8. The minimum atomic E-state index is -1.23. The van der Waals surface area contributed by atoms with Crippen LogP contribution in [-0.4, -0.2) is 88.5 Å². The van der Waals surface area contributed by atoms with Crippen LogP contribution in [0.15, 0.2) is 38.0 Å². The van der Waals surface area contributed by atoms with Crippen molar-refractivity contribution in [3.63, 3.8) is 0 Å². The van der Waals surface area contributed by atoms with Gasteiger partial charge in [0.1, 0.15) is 30.2 Å². The Labute approximate surface area is 354 Å². The molecule has 1 heterocycles. The van der Waals surface area contributed by atoms with Gasteiger partial charge in [-0.05, 0) is 131 Å². The van der Waals surface area contributed by atoms with Crippen LogP contribution >= 0.6 is 12.6 Å². The van der Waals surface area contributed by atoms with Crippen molar-refractivity contribution < 1.29 is 48.2 Å². The maximum Gasteiger partial charge on any atom is 0.326 e. The number of carboxylic acids is 2. The molecule has 1 aromatic heterocycles. The number of hydrogen-bond donors (Lipinski definition) is 6. The van der Waals surface area contributed by atoms with Crippen molar-refractivity contribution in [3.05, 3.63) is 45.4 Å². The molecule has 0 aromatic carbocycles. The number of thiol groups is 1. The Morgan fingerprint density at radius 3 is 1.98 bits per heavy atom. The Kier molecular flexibility index (Phi) is 22.3. The Hall–Kier alpha value is -4.37. The van der Waals surface area contributed by atoms with Crippen LogP contribution in [0, 0.1) is 24.7 Å². The molecule has 6 N–H and O–H groups in total. The first kappa shape index (κ1) is 50.8. The van der Waals surface area contributed by atoms with Crippen LogP contribution < -0.4 is 16.4 Å². The summed E-state index contributed by atoms with van der Waals surface area (Å²) in [5.41, 5.74) is 11.2. The molecule has 3 aliphatic rings. The van der Waals surface area contributed by atoms with Gasteiger partial charge in [-0.3, -0.25) is 33.8 Å². The molecule has 0 bridgehead atoms. The molecule has 14 nitrogen and oxygen atoms in total. The summed E-state index contributed by atoms with van der Waals surface area (Å²) in [6, 6.07) is -3.42. The van der Waals surface area contributed by atoms with Crippen LogP contribution in [0.2, 0.25) is 0 Å². The Balaban J connectivity index is 0.000000414. The number of nitrogens with two attached hydrogens (primary N) is 1. The fourth-order valence-corrected chi connectivity index (χ4v) is 7.38. The van der Waals surface area contributed by atoms with E-state index < -0.39 is 41.9 Å². The average Bonchev–Trinajstić information content (AvgIpc) is 3.55. The van der Waals surface area contributed by atoms with Gasteiger partial charge in [-0.2, -0.15) is 12.6 Å². The largest absolute Gasteiger partial charge is 0.480 e. The molecular formula is C44H66N4O10S. The van der Waals surface area contributed by atoms with Gasteiger partial charge in [-0.1, -0.05) is 20.8 Å². The normalized spacial score (nSPS) is 22.3. The fraction of sp³-hybridized carbons (Fsp3) is 0.636. The minimum Gasteiger partial charge on any atom is -0.480 e. The van der Waals surface area contributed by atoms with Gasteiger partial charge in [-0.25, -0.2) is 4.79 Å². The Morgan fingerprint density at radius 2 is 1.44 bits per heavy atom. The molecule has 0 radical (unpaired) electrons. The molecule has 2 fully saturated rings. The van der Waals surface area contributed by atoms with Gasteiger partial charge in [0.05, 0.1) is 6.26 Å². The van der Waals surface area contributed by atoms with Crippen LogP contribution in [0.4, 0.5) is 0 Å². The molecule has 4 rings (SSSR count). The van der Waals surface area contributed by atoms with Crippen molar-refractivity contribution >= 4 is 60.4 Å². The summed E-state index contributed by atoms with van der Waals surface area (Å²) in [5, 5.41) is 23.1. The molecule has 2 amide bonds. The lowest BCUT2D eigenvalue weighted by Gasteiger charge is -2.20. The molecule has 0 spiro atoms. The van der Waals surface area contributed by atoms with Gasteiger partial charge in [-0.15, -0.1) is 0 Å². The van der Waals surface area contributed by atoms with Gasteiger partial charge in [0.25, 0.3) is 0 Å². The number of aliphatic imine (C=N–C) groups is 1. The first-order valence-corrected chi connectivity index (χ1v) is 21.4. The molecule has 59 heavy (non-hydrogen) atoms. The number of amides is 2. The van der Waals surface area contributed by atoms with Crippen LogP contribution in [0.5, 0.6) is 0 Å². The number of furan rings is 1. The SMILES string of the molecule is C/C(C=NCCCCC(NC(=O)C(CS)NC(=O)CCC(N)C(=O)O)C(=O)O)=C1\CCC(C)CC1=O.C/C(C=O)=C1\CCC(C)CC1=O.Cc1coc2c1CCC(C)C2. The highest BCUT2D eigenvalue weighted by molar-refractivity contribution is 7.80. The van der Waals surface area contributed by atoms with E-state index in [4.69, 9.17) is 15.3 Å². The van der Waals surface area contributed by atoms with Gasteiger partial charge < -0.3 is 31.0 Å². The molecule has 15 heteroatoms. The van der Waals surface area contributed by atoms with Crippen molar-refractivity contribution in [2.75, 3.05) is 12.3 Å². The fourth-order valence-electron chi connectivity index (χ4n) is 7.12. The summed E-state index contributed by atoms with van der Waals surface area (Å²) in [5.74, 6) is -0.488. The molecule has 328 valence electrons. The van der Waals surface area contributed by atoms with Gasteiger partial charge in [0, 0.05) is 49.8 Å². The van der Waals surface area contributed by atoms with E-state index in [1.807, 2.05) is 13.2 Å². The lowest BCUT2D eigenvalue weighted by molar-refractivity contribution is -0.142. The third-order valence-electron chi connectivity index (χ3n) is 11.0. The summed E-state index contributed by atoms with van der Waals surface area (Å²) in [4.78, 5) is 85.1. The van der Waals surface area contributed by atoms with Crippen molar-refractivity contribution in [1.82, 2.24) is 10.6 Å². The molecule has 6 unspecified atom stereocenters. The molecule has 0 aliphatic heterocycles. The summed E-state index contributed by atoms with van der Waals surface area (Å²) in [6.07, 6.45) is 13.8. The quantitative estimate of drug-likeness (QED) is 0.0388. The van der Waals surface area contributed by atoms with E-state index in [1.165, 1.54) is 29.7 Å². The molecule has 6 atom stereocenters. The van der Waals surface area contributed by atoms with E-state index in [1.54, 1.807) is 13.1 Å². The van der Waals surface area contributed by atoms with E-state index in [-0.39, 0.29) is 36.6 Å². The number of carbonyl (C=O) groups excluding carboxylic acids is 5. The van der Waals surface area contributed by atoms with E-state index >= 15 is 0 Å². The number of rotatable bonds is 16. The standard InChI is InChI=1S/C24H38N4O7S.C10H14O2.C10H14O/c1-14-6-7-16(20(29)11-14)15(2)12-26-10-4-3-5-18(24(34)35)28-22(31)19(13-36)27-21(30)9-8-17(25)23(32)33;1-7-3-4-9(8(2)6-11)10(12)5-7;1-7-3-4-9-8(2)6-11-10(9)5-7/h12,14,17-19,36H,3-11,13,25H2,1-2H3,(H,27,30)(H,28,31)(H,32,33)(H,34,35);6-7H,3-5H2,1-2H3;6-7H,3-5H2,1-2H3/b16-15-,26-12?;9-8-;. The topological polar surface area (TPSA) is 236 Å². The van der Waals surface area contributed by atoms with Gasteiger partial charge in [0.15, 0.2) is 11.6 Å². The second-order valence-corrected chi connectivity index (χ2v) is 16.7. The zero-order valence-electron chi connectivity index (χ0n) is 35.6. The predicted octanol–water partition coefficient (Wildman–Crippen LogP) is 5.71. The number of fused-ring (bicyclic) bond motifs is 1. The predicted molar refractivity (Wildman–Crippen MR) is 230 cm³/mol. The summed E-state index contributed by atoms with van der Waals surface area (Å²) in [6.45, 7) is 12.6. The van der Waals surface area contributed by atoms with Crippen molar-refractivity contribution in [2.45, 2.75) is 150 Å². The maximum absolute atomic E-state index is 12.5. The number of aryl methyl sites for hydroxylation is 1. The highest BCUT2D eigenvalue weighted by Crippen LogP contribution is 2.29. The summed E-state index contributed by atoms with van der Waals surface area (Å²) >= 11 is 4.04. The van der Waals surface area contributed by atoms with Crippen molar-refractivity contribution in [1.29, 1.82) is 0 Å². The molecule has 1 aromatic rings. The zero-order valence-corrected chi connectivity index (χ0v) is 36.5. The monoisotopic (exact) mass is 842 g/mol. The first-order chi connectivity index (χ1) is 27.9. The summed E-state index contributed by atoms with van der Waals surface area (Å²) < 4.78 is 5.46. The number of allylic oxidation sites excluding steroid dienone is 4. The number of unbranched alkanes of at least 4 members (excludes halogenated alkanes) is 1. The highest BCUT2D eigenvalue weighted by Gasteiger charge is 2.27. The van der Waals surface area contributed by atoms with Crippen LogP contribution in [0.1, 0.15) is 129 Å². The number of hydrogen-bond acceptors (Lipinski definition) is 11. The van der Waals surface area contributed by atoms with Gasteiger partial charge in [0.2, 0.25) is 11.8 Å². The van der Waals surface area contributed by atoms with E-state index in [0.29, 0.717) is 49.6 Å². The molecular weight excluding hydrogens is 777 g/mol. The second-order valence-electron chi connectivity index (χ2n) is 16.4. The lowest BCUT2D eigenvalue weighted by Crippen LogP contribution is -2.52. The average molecular weight is 843 g/mol. The van der Waals surface area contributed by atoms with E-state index in [9.17, 15) is 38.7 Å². The minimum absolute atomic E-state index is 0.0696. The molecule has 2 saturated carbocycles. The highest BCUT2D eigenvalue weighted by atomic mass is 32.1.